The third-order valence-corrected chi connectivity index (χ3v) is 4.12. The summed E-state index contributed by atoms with van der Waals surface area (Å²) >= 11 is 0. The molecule has 4 nitrogen and oxygen atoms in total. The van der Waals surface area contributed by atoms with Gasteiger partial charge in [-0.25, -0.2) is 4.79 Å². The summed E-state index contributed by atoms with van der Waals surface area (Å²) in [7, 11) is 0. The maximum absolute atomic E-state index is 12.8. The predicted molar refractivity (Wildman–Crippen MR) is 90.0 cm³/mol. The summed E-state index contributed by atoms with van der Waals surface area (Å²) in [4.78, 5) is 24.6. The highest BCUT2D eigenvalue weighted by molar-refractivity contribution is 5.85. The van der Waals surface area contributed by atoms with Gasteiger partial charge in [0.15, 0.2) is 0 Å². The van der Waals surface area contributed by atoms with Crippen molar-refractivity contribution in [3.8, 4) is 0 Å². The Labute approximate surface area is 150 Å². The van der Waals surface area contributed by atoms with E-state index in [0.717, 1.165) is 0 Å². The number of carbonyl (C=O) groups excluding carboxylic acids is 1. The summed E-state index contributed by atoms with van der Waals surface area (Å²) in [6.45, 7) is -5.37. The first-order valence-corrected chi connectivity index (χ1v) is 7.62. The topological polar surface area (TPSA) is 66.4 Å². The SMILES string of the molecule is [2H]C([2H])([2H])C(C1CCC(C(=O)N[C@]([2H])(C(=O)O)C([2H])([2H])c2ccccc2)CC1)C([2H])([2H])[2H]. The molecule has 0 unspecified atom stereocenters. The largest absolute Gasteiger partial charge is 0.480 e. The highest BCUT2D eigenvalue weighted by Gasteiger charge is 2.30. The number of hydrogen-bond acceptors (Lipinski definition) is 2. The molecule has 2 N–H and O–H groups in total. The summed E-state index contributed by atoms with van der Waals surface area (Å²) < 4.78 is 70.3. The van der Waals surface area contributed by atoms with Gasteiger partial charge >= 0.3 is 5.97 Å². The average molecular weight is 326 g/mol. The molecule has 126 valence electrons. The Kier molecular flexibility index (Phi) is 3.13. The minimum Gasteiger partial charge on any atom is -0.480 e. The van der Waals surface area contributed by atoms with E-state index < -0.39 is 55.7 Å². The molecule has 2 rings (SSSR count). The minimum atomic E-state index is -3.00. The highest BCUT2D eigenvalue weighted by Crippen LogP contribution is 2.33. The number of carboxylic acids is 1. The minimum absolute atomic E-state index is 0.0837. The Morgan fingerprint density at radius 2 is 1.96 bits per heavy atom. The van der Waals surface area contributed by atoms with Crippen LogP contribution in [0.4, 0.5) is 0 Å². The molecule has 0 spiro atoms. The monoisotopic (exact) mass is 326 g/mol. The summed E-state index contributed by atoms with van der Waals surface area (Å²) in [6, 6.07) is 4.24. The molecule has 23 heavy (non-hydrogen) atoms. The summed E-state index contributed by atoms with van der Waals surface area (Å²) in [5, 5.41) is 11.6. The van der Waals surface area contributed by atoms with Gasteiger partial charge < -0.3 is 10.4 Å². The predicted octanol–water partition coefficient (Wildman–Crippen LogP) is 3.26. The number of aliphatic carboxylic acids is 1. The van der Waals surface area contributed by atoms with Crippen molar-refractivity contribution in [2.24, 2.45) is 17.8 Å². The van der Waals surface area contributed by atoms with Gasteiger partial charge in [0.05, 0.1) is 1.37 Å². The van der Waals surface area contributed by atoms with Crippen LogP contribution in [0, 0.1) is 17.8 Å². The van der Waals surface area contributed by atoms with Crippen molar-refractivity contribution in [1.82, 2.24) is 5.32 Å². The van der Waals surface area contributed by atoms with Gasteiger partial charge in [-0.3, -0.25) is 4.79 Å². The second kappa shape index (κ2) is 8.14. The van der Waals surface area contributed by atoms with E-state index in [-0.39, 0.29) is 31.2 Å². The van der Waals surface area contributed by atoms with Crippen molar-refractivity contribution < 1.29 is 27.0 Å². The van der Waals surface area contributed by atoms with E-state index in [0.29, 0.717) is 0 Å². The maximum atomic E-state index is 12.8. The fourth-order valence-electron chi connectivity index (χ4n) is 2.74. The molecule has 1 amide bonds. The zero-order chi connectivity index (χ0) is 24.5. The van der Waals surface area contributed by atoms with Crippen LogP contribution >= 0.6 is 0 Å². The van der Waals surface area contributed by atoms with Gasteiger partial charge in [0.25, 0.3) is 0 Å². The van der Waals surface area contributed by atoms with Crippen LogP contribution in [0.2, 0.25) is 0 Å². The number of hydrogen-bond donors (Lipinski definition) is 2. The molecule has 0 aliphatic heterocycles. The van der Waals surface area contributed by atoms with Gasteiger partial charge in [0.1, 0.15) is 6.02 Å². The van der Waals surface area contributed by atoms with Gasteiger partial charge in [-0.05, 0) is 43.1 Å². The molecule has 1 saturated carbocycles. The summed E-state index contributed by atoms with van der Waals surface area (Å²) in [6.07, 6.45) is -2.24. The van der Waals surface area contributed by atoms with E-state index in [4.69, 9.17) is 12.3 Å². The quantitative estimate of drug-likeness (QED) is 0.843. The second-order valence-corrected chi connectivity index (χ2v) is 5.75. The number of nitrogens with one attached hydrogen (secondary N) is 1. The third kappa shape index (κ3) is 5.08. The molecular weight excluding hydrogens is 290 g/mol. The lowest BCUT2D eigenvalue weighted by molar-refractivity contribution is -0.142. The molecule has 4 heteroatoms. The van der Waals surface area contributed by atoms with Gasteiger partial charge in [-0.1, -0.05) is 44.0 Å². The maximum Gasteiger partial charge on any atom is 0.326 e. The zero-order valence-electron chi connectivity index (χ0n) is 21.7. The van der Waals surface area contributed by atoms with E-state index >= 15 is 0 Å². The van der Waals surface area contributed by atoms with Crippen molar-refractivity contribution in [3.63, 3.8) is 0 Å². The molecule has 1 aromatic carbocycles. The molecule has 0 radical (unpaired) electrons. The first kappa shape index (κ1) is 8.86. The lowest BCUT2D eigenvalue weighted by Gasteiger charge is -2.30. The van der Waals surface area contributed by atoms with E-state index in [1.54, 1.807) is 6.07 Å². The molecule has 1 aliphatic rings. The van der Waals surface area contributed by atoms with Crippen LogP contribution in [0.15, 0.2) is 30.3 Å². The van der Waals surface area contributed by atoms with Crippen molar-refractivity contribution in [2.45, 2.75) is 51.8 Å². The highest BCUT2D eigenvalue weighted by atomic mass is 16.4. The molecule has 0 aromatic heterocycles. The normalized spacial score (nSPS) is 31.4. The van der Waals surface area contributed by atoms with E-state index in [2.05, 4.69) is 0 Å². The fourth-order valence-corrected chi connectivity index (χ4v) is 2.74. The standard InChI is InChI=1S/C19H27NO3/c1-13(2)15-8-10-16(11-9-15)18(21)20-17(19(22)23)12-14-6-4-3-5-7-14/h3-7,13,15-17H,8-12H2,1-2H3,(H,20,21)(H,22,23)/t15?,16?,17-/m0/s1/i1D3,2D3,12D2,17D. The molecule has 1 atom stereocenters. The summed E-state index contributed by atoms with van der Waals surface area (Å²) in [5.74, 6) is -5.66. The Morgan fingerprint density at radius 3 is 2.52 bits per heavy atom. The third-order valence-electron chi connectivity index (χ3n) is 4.12. The number of carboxylic acid groups (broad SMARTS) is 1. The smallest absolute Gasteiger partial charge is 0.326 e. The van der Waals surface area contributed by atoms with E-state index in [1.807, 2.05) is 5.32 Å². The van der Waals surface area contributed by atoms with Crippen LogP contribution in [0.3, 0.4) is 0 Å². The molecule has 1 fully saturated rings. The molecule has 1 aliphatic carbocycles. The van der Waals surface area contributed by atoms with Gasteiger partial charge in [-0.2, -0.15) is 0 Å². The summed E-state index contributed by atoms with van der Waals surface area (Å²) in [5.41, 5.74) is -0.0837. The first-order chi connectivity index (χ1) is 14.5. The van der Waals surface area contributed by atoms with Crippen LogP contribution < -0.4 is 5.32 Å². The van der Waals surface area contributed by atoms with Crippen LogP contribution in [0.25, 0.3) is 0 Å². The van der Waals surface area contributed by atoms with Gasteiger partial charge in [0, 0.05) is 23.3 Å². The lowest BCUT2D eigenvalue weighted by atomic mass is 9.76. The zero-order valence-corrected chi connectivity index (χ0v) is 12.7. The number of rotatable bonds is 6. The molecule has 0 saturated heterocycles. The fraction of sp³-hybridized carbons (Fsp3) is 0.579. The van der Waals surface area contributed by atoms with Crippen LogP contribution in [-0.2, 0) is 16.0 Å². The van der Waals surface area contributed by atoms with E-state index in [1.165, 1.54) is 24.3 Å². The van der Waals surface area contributed by atoms with Gasteiger partial charge in [-0.15, -0.1) is 0 Å². The first-order valence-electron chi connectivity index (χ1n) is 12.1. The van der Waals surface area contributed by atoms with Crippen LogP contribution in [-0.4, -0.2) is 23.0 Å². The lowest BCUT2D eigenvalue weighted by Crippen LogP contribution is -2.45. The number of benzene rings is 1. The Balaban J connectivity index is 2.16. The van der Waals surface area contributed by atoms with Crippen molar-refractivity contribution in [1.29, 1.82) is 0 Å². The van der Waals surface area contributed by atoms with Crippen molar-refractivity contribution in [2.75, 3.05) is 0 Å². The second-order valence-electron chi connectivity index (χ2n) is 5.75. The molecular formula is C19H27NO3. The molecule has 1 aromatic rings. The number of amides is 1. The molecule has 0 heterocycles. The van der Waals surface area contributed by atoms with Gasteiger partial charge in [0.2, 0.25) is 5.91 Å². The van der Waals surface area contributed by atoms with Crippen LogP contribution in [0.1, 0.15) is 57.3 Å². The van der Waals surface area contributed by atoms with Crippen molar-refractivity contribution in [3.05, 3.63) is 35.9 Å². The Hall–Kier alpha value is -1.84. The molecule has 0 bridgehead atoms. The van der Waals surface area contributed by atoms with E-state index in [9.17, 15) is 14.7 Å². The Morgan fingerprint density at radius 1 is 1.30 bits per heavy atom. The Bertz CT molecular complexity index is 804. The average Bonchev–Trinajstić information content (AvgIpc) is 2.66. The van der Waals surface area contributed by atoms with Crippen molar-refractivity contribution >= 4 is 11.9 Å². The van der Waals surface area contributed by atoms with Crippen LogP contribution in [0.5, 0.6) is 0 Å². The number of carbonyl (C=O) groups is 2.